The fraction of sp³-hybridized carbons (Fsp3) is 0.650. The Balaban J connectivity index is 0.00000218. The van der Waals surface area contributed by atoms with E-state index >= 15 is 0 Å². The van der Waals surface area contributed by atoms with Crippen LogP contribution in [0.2, 0.25) is 0 Å². The van der Waals surface area contributed by atoms with Crippen LogP contribution in [0.1, 0.15) is 63.2 Å². The Bertz CT molecular complexity index is 679. The van der Waals surface area contributed by atoms with Crippen molar-refractivity contribution in [3.8, 4) is 0 Å². The van der Waals surface area contributed by atoms with E-state index in [1.165, 1.54) is 19.3 Å². The first-order valence-electron chi connectivity index (χ1n) is 10.5. The zero-order valence-corrected chi connectivity index (χ0v) is 18.0. The summed E-state index contributed by atoms with van der Waals surface area (Å²) in [6, 6.07) is 3.33. The van der Waals surface area contributed by atoms with Crippen LogP contribution < -0.4 is 15.2 Å². The Kier molecular flexibility index (Phi) is 11.8. The van der Waals surface area contributed by atoms with E-state index in [1.54, 1.807) is 29.1 Å². The van der Waals surface area contributed by atoms with Gasteiger partial charge in [-0.3, -0.25) is 4.79 Å². The molecule has 1 saturated carbocycles. The lowest BCUT2D eigenvalue weighted by Crippen LogP contribution is -2.43. The van der Waals surface area contributed by atoms with Crippen molar-refractivity contribution in [1.82, 2.24) is 10.6 Å². The van der Waals surface area contributed by atoms with Crippen molar-refractivity contribution < 1.29 is 34.0 Å². The number of pyridine rings is 1. The minimum Gasteiger partial charge on any atom is -0.388 e. The predicted molar refractivity (Wildman–Crippen MR) is 107 cm³/mol. The molecule has 0 aliphatic heterocycles. The highest BCUT2D eigenvalue weighted by molar-refractivity contribution is 5.93. The van der Waals surface area contributed by atoms with Crippen LogP contribution in [-0.4, -0.2) is 41.5 Å². The van der Waals surface area contributed by atoms with Crippen LogP contribution in [0.3, 0.4) is 0 Å². The molecule has 1 aliphatic carbocycles. The molecule has 1 heterocycles. The van der Waals surface area contributed by atoms with E-state index in [0.717, 1.165) is 12.8 Å². The number of amides is 2. The minimum absolute atomic E-state index is 0.0247. The van der Waals surface area contributed by atoms with E-state index in [0.29, 0.717) is 11.5 Å². The Morgan fingerprint density at radius 1 is 1.30 bits per heavy atom. The fourth-order valence-corrected chi connectivity index (χ4v) is 3.24. The lowest BCUT2D eigenvalue weighted by Gasteiger charge is -2.27. The van der Waals surface area contributed by atoms with Crippen LogP contribution in [0.4, 0.5) is 4.79 Å². The van der Waals surface area contributed by atoms with Gasteiger partial charge in [-0.05, 0) is 31.7 Å². The molecule has 1 unspecified atom stereocenters. The normalized spacial score (nSPS) is 14.5. The summed E-state index contributed by atoms with van der Waals surface area (Å²) >= 11 is 0. The van der Waals surface area contributed by atoms with Gasteiger partial charge in [0.2, 0.25) is 0 Å². The lowest BCUT2D eigenvalue weighted by molar-refractivity contribution is -0.975. The third kappa shape index (κ3) is 9.53. The molecular formula is C20H34N4O6+2. The van der Waals surface area contributed by atoms with Crippen molar-refractivity contribution in [1.29, 1.82) is 0 Å². The number of carbonyl (C=O) groups is 2. The second-order valence-electron chi connectivity index (χ2n) is 6.83. The van der Waals surface area contributed by atoms with Crippen molar-refractivity contribution in [2.45, 2.75) is 65.6 Å². The number of aromatic nitrogens is 1. The highest BCUT2D eigenvalue weighted by Crippen LogP contribution is 2.26. The molecule has 1 aliphatic rings. The first-order valence-corrected chi connectivity index (χ1v) is 10.5. The van der Waals surface area contributed by atoms with E-state index in [4.69, 9.17) is 9.94 Å². The Morgan fingerprint density at radius 2 is 2.00 bits per heavy atom. The van der Waals surface area contributed by atoms with Gasteiger partial charge in [-0.15, -0.1) is 0 Å². The van der Waals surface area contributed by atoms with E-state index < -0.39 is 11.2 Å². The summed E-state index contributed by atoms with van der Waals surface area (Å²) in [5.74, 6) is 0.105. The standard InChI is InChI=1S/C18H26N4O6.C2H6/c1-14(15-6-3-2-4-7-15)20-18(24)27-13-21-10-5-8-16(12-21)17(23)19-9-11-28-22(25)26;1-2/h5,8,10,12,14-15H,2-4,6-7,9,11,13H2,1H3,(H-2,19,20,23,24,25,26);1-2H3/p+2. The maximum Gasteiger partial charge on any atom is 0.475 e. The first-order chi connectivity index (χ1) is 14.5. The average molecular weight is 427 g/mol. The Morgan fingerprint density at radius 3 is 2.67 bits per heavy atom. The molecule has 0 radical (unpaired) electrons. The van der Waals surface area contributed by atoms with Gasteiger partial charge in [-0.1, -0.05) is 33.1 Å². The summed E-state index contributed by atoms with van der Waals surface area (Å²) in [4.78, 5) is 38.5. The van der Waals surface area contributed by atoms with E-state index in [2.05, 4.69) is 15.5 Å². The van der Waals surface area contributed by atoms with E-state index in [1.807, 2.05) is 20.8 Å². The summed E-state index contributed by atoms with van der Waals surface area (Å²) in [5.41, 5.74) is 0.352. The average Bonchev–Trinajstić information content (AvgIpc) is 2.77. The van der Waals surface area contributed by atoms with Crippen LogP contribution >= 0.6 is 0 Å². The number of hydrogen-bond donors (Lipinski definition) is 3. The minimum atomic E-state index is -0.667. The quantitative estimate of drug-likeness (QED) is 0.317. The van der Waals surface area contributed by atoms with Crippen molar-refractivity contribution in [2.24, 2.45) is 5.92 Å². The highest BCUT2D eigenvalue weighted by atomic mass is 16.9. The van der Waals surface area contributed by atoms with Gasteiger partial charge in [0, 0.05) is 12.1 Å². The third-order valence-electron chi connectivity index (χ3n) is 4.76. The van der Waals surface area contributed by atoms with Gasteiger partial charge >= 0.3 is 11.2 Å². The predicted octanol–water partition coefficient (Wildman–Crippen LogP) is 2.48. The first kappa shape index (κ1) is 25.1. The fourth-order valence-electron chi connectivity index (χ4n) is 3.24. The lowest BCUT2D eigenvalue weighted by atomic mass is 9.85. The topological polar surface area (TPSA) is 121 Å². The number of nitrogens with zero attached hydrogens (tertiary/aromatic N) is 2. The van der Waals surface area contributed by atoms with E-state index in [9.17, 15) is 14.5 Å². The van der Waals surface area contributed by atoms with Crippen LogP contribution in [0.25, 0.3) is 0 Å². The molecule has 3 N–H and O–H groups in total. The van der Waals surface area contributed by atoms with Crippen LogP contribution in [0.15, 0.2) is 24.5 Å². The van der Waals surface area contributed by atoms with Gasteiger partial charge in [0.1, 0.15) is 10.5 Å². The zero-order valence-electron chi connectivity index (χ0n) is 18.0. The van der Waals surface area contributed by atoms with Crippen LogP contribution in [0, 0.1) is 10.8 Å². The summed E-state index contributed by atoms with van der Waals surface area (Å²) in [6.07, 6.45) is 8.67. The second kappa shape index (κ2) is 14.1. The van der Waals surface area contributed by atoms with Crippen LogP contribution in [0.5, 0.6) is 0 Å². The number of ether oxygens (including phenoxy) is 1. The molecule has 0 spiro atoms. The van der Waals surface area contributed by atoms with Crippen LogP contribution in [-0.2, 0) is 16.3 Å². The molecule has 10 nitrogen and oxygen atoms in total. The number of rotatable bonds is 9. The van der Waals surface area contributed by atoms with Gasteiger partial charge in [-0.25, -0.2) is 10.0 Å². The molecule has 1 aromatic heterocycles. The molecule has 1 fully saturated rings. The second-order valence-corrected chi connectivity index (χ2v) is 6.83. The summed E-state index contributed by atoms with van der Waals surface area (Å²) < 4.78 is 6.82. The summed E-state index contributed by atoms with van der Waals surface area (Å²) in [7, 11) is 0. The maximum atomic E-state index is 12.0. The number of alkyl carbamates (subject to hydrolysis) is 1. The Labute approximate surface area is 177 Å². The maximum absolute atomic E-state index is 12.0. The molecule has 0 bridgehead atoms. The number of nitrogens with one attached hydrogen (secondary N) is 2. The van der Waals surface area contributed by atoms with Gasteiger partial charge in [0.15, 0.2) is 19.0 Å². The monoisotopic (exact) mass is 426 g/mol. The molecule has 0 aromatic carbocycles. The van der Waals surface area contributed by atoms with Gasteiger partial charge in [0.25, 0.3) is 12.6 Å². The SMILES string of the molecule is CC.CC(NC(=O)OC[n+]1cccc(C(=O)NCCO[N+](=O)O)c1)C1CCCCC1. The Hall–Kier alpha value is -2.91. The third-order valence-corrected chi connectivity index (χ3v) is 4.76. The zero-order chi connectivity index (χ0) is 22.4. The molecule has 168 valence electrons. The summed E-state index contributed by atoms with van der Waals surface area (Å²) in [5, 5.41) is 13.0. The number of carbonyl (C=O) groups excluding carboxylic acids is 2. The smallest absolute Gasteiger partial charge is 0.388 e. The molecule has 1 aromatic rings. The molecule has 2 amide bonds. The largest absolute Gasteiger partial charge is 0.475 e. The molecule has 10 heteroatoms. The molecule has 2 rings (SSSR count). The van der Waals surface area contributed by atoms with Crippen molar-refractivity contribution in [2.75, 3.05) is 13.2 Å². The molecule has 30 heavy (non-hydrogen) atoms. The molecular weight excluding hydrogens is 392 g/mol. The van der Waals surface area contributed by atoms with Crippen molar-refractivity contribution >= 4 is 12.0 Å². The van der Waals surface area contributed by atoms with Crippen molar-refractivity contribution in [3.05, 3.63) is 35.0 Å². The van der Waals surface area contributed by atoms with Gasteiger partial charge in [-0.2, -0.15) is 9.40 Å². The van der Waals surface area contributed by atoms with E-state index in [-0.39, 0.29) is 31.8 Å². The molecule has 1 atom stereocenters. The highest BCUT2D eigenvalue weighted by Gasteiger charge is 2.22. The number of hydrogen-bond acceptors (Lipinski definition) is 5. The molecule has 0 saturated heterocycles. The van der Waals surface area contributed by atoms with Crippen molar-refractivity contribution in [3.63, 3.8) is 0 Å². The summed E-state index contributed by atoms with van der Waals surface area (Å²) in [6.45, 7) is 5.86. The van der Waals surface area contributed by atoms with Gasteiger partial charge in [0.05, 0.1) is 6.54 Å². The van der Waals surface area contributed by atoms with Gasteiger partial charge < -0.3 is 15.4 Å².